The van der Waals surface area contributed by atoms with E-state index in [1.807, 2.05) is 0 Å². The molecule has 0 saturated heterocycles. The molecule has 0 aliphatic carbocycles. The Morgan fingerprint density at radius 2 is 2.00 bits per heavy atom. The number of benzene rings is 1. The molecule has 0 bridgehead atoms. The first-order valence-electron chi connectivity index (χ1n) is 5.22. The summed E-state index contributed by atoms with van der Waals surface area (Å²) in [6.45, 7) is 0. The van der Waals surface area contributed by atoms with Gasteiger partial charge in [-0.2, -0.15) is 10.2 Å². The summed E-state index contributed by atoms with van der Waals surface area (Å²) in [5, 5.41) is 26.8. The van der Waals surface area contributed by atoms with Gasteiger partial charge in [-0.3, -0.25) is 21.8 Å². The Morgan fingerprint density at radius 1 is 1.30 bits per heavy atom. The maximum absolute atomic E-state index is 10.8. The lowest BCUT2D eigenvalue weighted by Gasteiger charge is -2.00. The van der Waals surface area contributed by atoms with Gasteiger partial charge in [-0.25, -0.2) is 4.79 Å². The normalized spacial score (nSPS) is 9.30. The van der Waals surface area contributed by atoms with Gasteiger partial charge in [0.2, 0.25) is 0 Å². The second-order valence-electron chi connectivity index (χ2n) is 3.44. The van der Waals surface area contributed by atoms with Crippen molar-refractivity contribution in [3.8, 4) is 11.3 Å². The van der Waals surface area contributed by atoms with Crippen molar-refractivity contribution in [1.82, 2.24) is 10.2 Å². The van der Waals surface area contributed by atoms with Crippen molar-refractivity contribution in [2.45, 2.75) is 0 Å². The van der Waals surface area contributed by atoms with Gasteiger partial charge in [-0.05, 0) is 6.07 Å². The van der Waals surface area contributed by atoms with Crippen LogP contribution >= 0.6 is 0 Å². The predicted molar refractivity (Wildman–Crippen MR) is 69.5 cm³/mol. The highest BCUT2D eigenvalue weighted by Crippen LogP contribution is 2.22. The maximum atomic E-state index is 10.8. The number of non-ortho nitro benzene ring substituents is 1. The molecule has 0 saturated carbocycles. The molecule has 5 N–H and O–H groups in total. The number of carboxylic acids is 1. The number of nitro benzene ring substituents is 1. The molecule has 0 radical (unpaired) electrons. The molecule has 9 heteroatoms. The quantitative estimate of drug-likeness (QED) is 0.417. The molecule has 0 aliphatic rings. The molecule has 2 aromatic rings. The standard InChI is InChI=1S/C11H7N3O4.H4N2/c15-11(16)8-5-10(13-12-6-8)7-2-1-3-9(4-7)14(17)18;1-2/h1-6H,(H,15,16);1-2H2. The number of carboxylic acid groups (broad SMARTS) is 1. The van der Waals surface area contributed by atoms with Gasteiger partial charge in [-0.1, -0.05) is 12.1 Å². The lowest BCUT2D eigenvalue weighted by atomic mass is 10.1. The fourth-order valence-electron chi connectivity index (χ4n) is 1.40. The molecule has 9 nitrogen and oxygen atoms in total. The number of hydrogen-bond acceptors (Lipinski definition) is 7. The van der Waals surface area contributed by atoms with E-state index in [-0.39, 0.29) is 16.9 Å². The van der Waals surface area contributed by atoms with Crippen molar-refractivity contribution in [3.63, 3.8) is 0 Å². The zero-order valence-electron chi connectivity index (χ0n) is 10.1. The molecule has 1 aromatic heterocycles. The summed E-state index contributed by atoms with van der Waals surface area (Å²) in [4.78, 5) is 20.9. The van der Waals surface area contributed by atoms with Crippen molar-refractivity contribution in [2.75, 3.05) is 0 Å². The molecular formula is C11H11N5O4. The van der Waals surface area contributed by atoms with Crippen molar-refractivity contribution >= 4 is 11.7 Å². The van der Waals surface area contributed by atoms with Crippen LogP contribution in [0.2, 0.25) is 0 Å². The predicted octanol–water partition coefficient (Wildman–Crippen LogP) is 0.569. The molecular weight excluding hydrogens is 266 g/mol. The van der Waals surface area contributed by atoms with Gasteiger partial charge >= 0.3 is 5.97 Å². The average molecular weight is 277 g/mol. The van der Waals surface area contributed by atoms with E-state index >= 15 is 0 Å². The highest BCUT2D eigenvalue weighted by molar-refractivity contribution is 5.88. The van der Waals surface area contributed by atoms with E-state index in [2.05, 4.69) is 21.9 Å². The summed E-state index contributed by atoms with van der Waals surface area (Å²) >= 11 is 0. The Balaban J connectivity index is 0.000000956. The first kappa shape index (κ1) is 15.1. The van der Waals surface area contributed by atoms with E-state index in [4.69, 9.17) is 5.11 Å². The largest absolute Gasteiger partial charge is 0.478 e. The molecule has 2 rings (SSSR count). The van der Waals surface area contributed by atoms with Gasteiger partial charge in [0.1, 0.15) is 0 Å². The SMILES string of the molecule is NN.O=C(O)c1cnnc(-c2cccc([N+](=O)[O-])c2)c1. The van der Waals surface area contributed by atoms with E-state index in [1.165, 1.54) is 24.3 Å². The molecule has 104 valence electrons. The number of aromatic carboxylic acids is 1. The molecule has 0 unspecified atom stereocenters. The van der Waals surface area contributed by atoms with Crippen LogP contribution < -0.4 is 11.7 Å². The summed E-state index contributed by atoms with van der Waals surface area (Å²) < 4.78 is 0. The summed E-state index contributed by atoms with van der Waals surface area (Å²) in [6, 6.07) is 7.08. The van der Waals surface area contributed by atoms with Crippen molar-refractivity contribution in [1.29, 1.82) is 0 Å². The molecule has 0 spiro atoms. The number of hydrogen-bond donors (Lipinski definition) is 3. The Kier molecular flexibility index (Phi) is 5.21. The number of aromatic nitrogens is 2. The molecule has 1 aromatic carbocycles. The molecule has 0 amide bonds. The van der Waals surface area contributed by atoms with Gasteiger partial charge in [0.05, 0.1) is 22.4 Å². The Hall–Kier alpha value is -2.91. The molecule has 0 aliphatic heterocycles. The Labute approximate surface area is 113 Å². The van der Waals surface area contributed by atoms with Gasteiger partial charge in [0, 0.05) is 17.7 Å². The number of nitrogens with two attached hydrogens (primary N) is 2. The summed E-state index contributed by atoms with van der Waals surface area (Å²) in [5.41, 5.74) is 0.611. The van der Waals surface area contributed by atoms with Crippen LogP contribution in [0.3, 0.4) is 0 Å². The fraction of sp³-hybridized carbons (Fsp3) is 0. The van der Waals surface area contributed by atoms with Gasteiger partial charge in [0.15, 0.2) is 0 Å². The Morgan fingerprint density at radius 3 is 2.60 bits per heavy atom. The number of nitro groups is 1. The average Bonchev–Trinajstić information content (AvgIpc) is 2.49. The highest BCUT2D eigenvalue weighted by atomic mass is 16.6. The number of hydrazine groups is 1. The molecule has 20 heavy (non-hydrogen) atoms. The number of nitrogens with zero attached hydrogens (tertiary/aromatic N) is 3. The second kappa shape index (κ2) is 6.87. The van der Waals surface area contributed by atoms with E-state index in [0.29, 0.717) is 5.56 Å². The van der Waals surface area contributed by atoms with Gasteiger partial charge < -0.3 is 5.11 Å². The van der Waals surface area contributed by atoms with Crippen molar-refractivity contribution in [2.24, 2.45) is 11.7 Å². The van der Waals surface area contributed by atoms with Crippen LogP contribution in [0.5, 0.6) is 0 Å². The van der Waals surface area contributed by atoms with Crippen LogP contribution in [0.1, 0.15) is 10.4 Å². The van der Waals surface area contributed by atoms with Crippen LogP contribution in [0.4, 0.5) is 5.69 Å². The van der Waals surface area contributed by atoms with E-state index in [9.17, 15) is 14.9 Å². The Bertz CT molecular complexity index is 576. The van der Waals surface area contributed by atoms with E-state index in [1.54, 1.807) is 6.07 Å². The number of carbonyl (C=O) groups is 1. The van der Waals surface area contributed by atoms with Crippen LogP contribution in [-0.4, -0.2) is 26.2 Å². The minimum absolute atomic E-state index is 0.0218. The first-order valence-corrected chi connectivity index (χ1v) is 5.22. The second-order valence-corrected chi connectivity index (χ2v) is 3.44. The highest BCUT2D eigenvalue weighted by Gasteiger charge is 2.10. The zero-order valence-corrected chi connectivity index (χ0v) is 10.1. The summed E-state index contributed by atoms with van der Waals surface area (Å²) in [7, 11) is 0. The smallest absolute Gasteiger partial charge is 0.337 e. The third-order valence-corrected chi connectivity index (χ3v) is 2.25. The lowest BCUT2D eigenvalue weighted by Crippen LogP contribution is -2.02. The lowest BCUT2D eigenvalue weighted by molar-refractivity contribution is -0.384. The first-order chi connectivity index (χ1) is 9.58. The zero-order chi connectivity index (χ0) is 15.1. The van der Waals surface area contributed by atoms with Crippen LogP contribution in [-0.2, 0) is 0 Å². The van der Waals surface area contributed by atoms with Crippen LogP contribution in [0.25, 0.3) is 11.3 Å². The topological polar surface area (TPSA) is 158 Å². The third kappa shape index (κ3) is 3.54. The third-order valence-electron chi connectivity index (χ3n) is 2.25. The van der Waals surface area contributed by atoms with E-state index in [0.717, 1.165) is 6.20 Å². The van der Waals surface area contributed by atoms with Gasteiger partial charge in [-0.15, -0.1) is 0 Å². The molecule has 1 heterocycles. The van der Waals surface area contributed by atoms with Crippen LogP contribution in [0.15, 0.2) is 36.5 Å². The van der Waals surface area contributed by atoms with Crippen LogP contribution in [0, 0.1) is 10.1 Å². The summed E-state index contributed by atoms with van der Waals surface area (Å²) in [5.74, 6) is 6.87. The monoisotopic (exact) mass is 277 g/mol. The van der Waals surface area contributed by atoms with Crippen molar-refractivity contribution in [3.05, 3.63) is 52.2 Å². The van der Waals surface area contributed by atoms with E-state index < -0.39 is 10.9 Å². The maximum Gasteiger partial charge on any atom is 0.337 e. The molecule has 0 atom stereocenters. The van der Waals surface area contributed by atoms with Crippen molar-refractivity contribution < 1.29 is 14.8 Å². The fourth-order valence-corrected chi connectivity index (χ4v) is 1.40. The minimum atomic E-state index is -1.13. The number of rotatable bonds is 3. The minimum Gasteiger partial charge on any atom is -0.478 e. The van der Waals surface area contributed by atoms with Gasteiger partial charge in [0.25, 0.3) is 5.69 Å². The molecule has 0 fully saturated rings. The summed E-state index contributed by atoms with van der Waals surface area (Å²) in [6.07, 6.45) is 1.11.